The minimum atomic E-state index is -6.00. The number of benzene rings is 3. The summed E-state index contributed by atoms with van der Waals surface area (Å²) in [5, 5.41) is 0. The van der Waals surface area contributed by atoms with Crippen molar-refractivity contribution in [1.82, 2.24) is 0 Å². The molecule has 0 amide bonds. The van der Waals surface area contributed by atoms with Crippen molar-refractivity contribution in [2.24, 2.45) is 0 Å². The number of hydrogen-bond acceptors (Lipinski definition) is 0. The van der Waals surface area contributed by atoms with E-state index < -0.39 is 20.8 Å². The van der Waals surface area contributed by atoms with Crippen LogP contribution in [0.1, 0.15) is 0 Å². The van der Waals surface area contributed by atoms with Crippen molar-refractivity contribution in [3.63, 3.8) is 0 Å². The van der Waals surface area contributed by atoms with E-state index in [0.29, 0.717) is 0 Å². The fourth-order valence-electron chi connectivity index (χ4n) is 2.63. The molecule has 0 aromatic heterocycles. The molecule has 0 aliphatic heterocycles. The number of halogens is 4. The molecule has 0 fully saturated rings. The molecule has 3 rings (SSSR count). The van der Waals surface area contributed by atoms with Gasteiger partial charge in [-0.3, -0.25) is 0 Å². The van der Waals surface area contributed by atoms with Gasteiger partial charge in [-0.25, -0.2) is 0 Å². The topological polar surface area (TPSA) is 0 Å². The van der Waals surface area contributed by atoms with Crippen LogP contribution in [-0.2, 0) is 0 Å². The molecular formula is C19H18AsBF4. The Balaban J connectivity index is 0.000000399. The molecule has 0 aliphatic carbocycles. The molecule has 3 aromatic rings. The van der Waals surface area contributed by atoms with Crippen LogP contribution in [0.3, 0.4) is 0 Å². The van der Waals surface area contributed by atoms with Gasteiger partial charge in [0, 0.05) is 0 Å². The van der Waals surface area contributed by atoms with E-state index in [1.165, 1.54) is 13.1 Å². The molecule has 0 bridgehead atoms. The molecule has 0 heterocycles. The van der Waals surface area contributed by atoms with Gasteiger partial charge >= 0.3 is 131 Å². The third-order valence-corrected chi connectivity index (χ3v) is 12.2. The monoisotopic (exact) mass is 408 g/mol. The normalized spacial score (nSPS) is 11.4. The van der Waals surface area contributed by atoms with Crippen molar-refractivity contribution in [3.8, 4) is 0 Å². The third kappa shape index (κ3) is 5.50. The second-order valence-electron chi connectivity index (χ2n) is 5.51. The standard InChI is InChI=1S/C19H18As.BF4/c1-20(17-11-5-2-6-12-17,18-13-7-3-8-14-18)19-15-9-4-10-16-19;2-1(3,4)5/h2-16H,1H3;/q+1;-1. The Hall–Kier alpha value is -2.00. The van der Waals surface area contributed by atoms with Crippen LogP contribution in [0.4, 0.5) is 17.3 Å². The quantitative estimate of drug-likeness (QED) is 0.453. The zero-order valence-corrected chi connectivity index (χ0v) is 15.6. The Kier molecular flexibility index (Phi) is 6.49. The second-order valence-corrected chi connectivity index (χ2v) is 13.0. The maximum atomic E-state index is 9.75. The van der Waals surface area contributed by atoms with Crippen molar-refractivity contribution >= 4 is 33.9 Å². The first-order valence-corrected chi connectivity index (χ1v) is 12.4. The van der Waals surface area contributed by atoms with Crippen LogP contribution in [0.5, 0.6) is 0 Å². The summed E-state index contributed by atoms with van der Waals surface area (Å²) in [7, 11) is -6.00. The number of rotatable bonds is 3. The molecular weight excluding hydrogens is 390 g/mol. The van der Waals surface area contributed by atoms with Gasteiger partial charge in [0.2, 0.25) is 0 Å². The Morgan fingerprint density at radius 3 is 0.920 bits per heavy atom. The van der Waals surface area contributed by atoms with Gasteiger partial charge in [-0.1, -0.05) is 0 Å². The molecule has 0 unspecified atom stereocenters. The van der Waals surface area contributed by atoms with E-state index in [0.717, 1.165) is 0 Å². The Labute approximate surface area is 148 Å². The Bertz CT molecular complexity index is 659. The zero-order chi connectivity index (χ0) is 18.3. The average Bonchev–Trinajstić information content (AvgIpc) is 2.62. The average molecular weight is 408 g/mol. The van der Waals surface area contributed by atoms with Gasteiger partial charge < -0.3 is 17.3 Å². The predicted molar refractivity (Wildman–Crippen MR) is 100 cm³/mol. The van der Waals surface area contributed by atoms with Crippen molar-refractivity contribution in [3.05, 3.63) is 91.0 Å². The first kappa shape index (κ1) is 19.3. The molecule has 0 spiro atoms. The van der Waals surface area contributed by atoms with Crippen molar-refractivity contribution in [2.75, 3.05) is 0 Å². The first-order valence-electron chi connectivity index (χ1n) is 7.72. The fourth-order valence-corrected chi connectivity index (χ4v) is 9.34. The minimum absolute atomic E-state index is 1.49. The van der Waals surface area contributed by atoms with Crippen LogP contribution in [0.15, 0.2) is 91.0 Å². The van der Waals surface area contributed by atoms with Gasteiger partial charge in [-0.15, -0.1) is 0 Å². The summed E-state index contributed by atoms with van der Waals surface area (Å²) in [5.74, 6) is 0. The molecule has 0 radical (unpaired) electrons. The molecule has 0 saturated heterocycles. The Morgan fingerprint density at radius 1 is 0.520 bits per heavy atom. The molecule has 3 aromatic carbocycles. The summed E-state index contributed by atoms with van der Waals surface area (Å²) in [6.45, 7) is 0. The van der Waals surface area contributed by atoms with Gasteiger partial charge in [0.1, 0.15) is 0 Å². The molecule has 0 nitrogen and oxygen atoms in total. The minimum Gasteiger partial charge on any atom is -0.418 e. The van der Waals surface area contributed by atoms with Crippen molar-refractivity contribution in [1.29, 1.82) is 0 Å². The number of hydrogen-bond donors (Lipinski definition) is 0. The molecule has 0 atom stereocenters. The summed E-state index contributed by atoms with van der Waals surface area (Å²) in [6, 6.07) is 32.9. The SMILES string of the molecule is C[As+](c1ccccc1)(c1ccccc1)c1ccccc1.F[B-](F)(F)F. The zero-order valence-electron chi connectivity index (χ0n) is 13.7. The maximum absolute atomic E-state index is 9.75. The molecule has 130 valence electrons. The summed E-state index contributed by atoms with van der Waals surface area (Å²) in [6.07, 6.45) is 0. The molecule has 0 saturated carbocycles. The molecule has 25 heavy (non-hydrogen) atoms. The summed E-state index contributed by atoms with van der Waals surface area (Å²) < 4.78 is 43.5. The van der Waals surface area contributed by atoms with E-state index in [1.807, 2.05) is 0 Å². The molecule has 0 N–H and O–H groups in total. The van der Waals surface area contributed by atoms with E-state index >= 15 is 0 Å². The van der Waals surface area contributed by atoms with Gasteiger partial charge in [-0.2, -0.15) is 0 Å². The maximum Gasteiger partial charge on any atom is 0.673 e. The van der Waals surface area contributed by atoms with Crippen LogP contribution in [0.2, 0.25) is 5.71 Å². The molecule has 6 heteroatoms. The Morgan fingerprint density at radius 2 is 0.720 bits per heavy atom. The third-order valence-electron chi connectivity index (χ3n) is 3.82. The second kappa shape index (κ2) is 8.40. The van der Waals surface area contributed by atoms with Crippen LogP contribution < -0.4 is 13.1 Å². The van der Waals surface area contributed by atoms with E-state index in [2.05, 4.69) is 96.7 Å². The van der Waals surface area contributed by atoms with Gasteiger partial charge in [-0.05, 0) is 0 Å². The summed E-state index contributed by atoms with van der Waals surface area (Å²) >= 11 is -2.29. The molecule has 0 aliphatic rings. The summed E-state index contributed by atoms with van der Waals surface area (Å²) in [5.41, 5.74) is 2.47. The van der Waals surface area contributed by atoms with E-state index in [-0.39, 0.29) is 0 Å². The van der Waals surface area contributed by atoms with Crippen molar-refractivity contribution in [2.45, 2.75) is 5.71 Å². The van der Waals surface area contributed by atoms with E-state index in [9.17, 15) is 17.3 Å². The van der Waals surface area contributed by atoms with Crippen LogP contribution in [0.25, 0.3) is 0 Å². The largest absolute Gasteiger partial charge is 0.673 e. The summed E-state index contributed by atoms with van der Waals surface area (Å²) in [4.78, 5) is 0. The van der Waals surface area contributed by atoms with Crippen LogP contribution in [0, 0.1) is 0 Å². The van der Waals surface area contributed by atoms with Crippen LogP contribution >= 0.6 is 0 Å². The van der Waals surface area contributed by atoms with E-state index in [4.69, 9.17) is 0 Å². The fraction of sp³-hybridized carbons (Fsp3) is 0.0526. The smallest absolute Gasteiger partial charge is 0.418 e. The first-order chi connectivity index (χ1) is 11.8. The van der Waals surface area contributed by atoms with E-state index in [1.54, 1.807) is 0 Å². The van der Waals surface area contributed by atoms with Gasteiger partial charge in [0.05, 0.1) is 0 Å². The van der Waals surface area contributed by atoms with Crippen molar-refractivity contribution < 1.29 is 17.3 Å². The van der Waals surface area contributed by atoms with Gasteiger partial charge in [0.25, 0.3) is 0 Å². The van der Waals surface area contributed by atoms with Crippen LogP contribution in [-0.4, -0.2) is 20.8 Å². The predicted octanol–water partition coefficient (Wildman–Crippen LogP) is 4.09. The van der Waals surface area contributed by atoms with Gasteiger partial charge in [0.15, 0.2) is 0 Å².